The Hall–Kier alpha value is -0.120. The summed E-state index contributed by atoms with van der Waals surface area (Å²) in [6.07, 6.45) is 6.93. The van der Waals surface area contributed by atoms with Crippen molar-refractivity contribution in [3.63, 3.8) is 0 Å². The highest BCUT2D eigenvalue weighted by atomic mass is 16.5. The lowest BCUT2D eigenvalue weighted by Crippen LogP contribution is -2.53. The zero-order valence-corrected chi connectivity index (χ0v) is 14.6. The Morgan fingerprint density at radius 1 is 1.19 bits per heavy atom. The highest BCUT2D eigenvalue weighted by Gasteiger charge is 2.39. The van der Waals surface area contributed by atoms with Crippen molar-refractivity contribution in [3.8, 4) is 0 Å². The smallest absolute Gasteiger partial charge is 0.0702 e. The van der Waals surface area contributed by atoms with Crippen LogP contribution in [0, 0.1) is 17.3 Å². The third kappa shape index (κ3) is 4.43. The number of nitrogens with two attached hydrogens (primary N) is 1. The first-order chi connectivity index (χ1) is 9.95. The van der Waals surface area contributed by atoms with Gasteiger partial charge in [-0.25, -0.2) is 0 Å². The fourth-order valence-electron chi connectivity index (χ4n) is 4.36. The average molecular weight is 296 g/mol. The number of ether oxygens (including phenoxy) is 1. The minimum atomic E-state index is 0.424. The van der Waals surface area contributed by atoms with E-state index in [1.807, 2.05) is 0 Å². The van der Waals surface area contributed by atoms with Gasteiger partial charge in [-0.15, -0.1) is 0 Å². The molecular formula is C18H36N2O. The molecule has 4 unspecified atom stereocenters. The average Bonchev–Trinajstić information content (AvgIpc) is 2.46. The SMILES string of the molecule is CCOC1CCCN(C2CC(C(C)(C)C)CCC2CN)C1. The number of likely N-dealkylation sites (tertiary alicyclic amines) is 1. The van der Waals surface area contributed by atoms with E-state index < -0.39 is 0 Å². The van der Waals surface area contributed by atoms with Crippen LogP contribution in [-0.2, 0) is 4.74 Å². The lowest BCUT2D eigenvalue weighted by molar-refractivity contribution is -0.0343. The van der Waals surface area contributed by atoms with Gasteiger partial charge in [-0.1, -0.05) is 20.8 Å². The minimum Gasteiger partial charge on any atom is -0.377 e. The van der Waals surface area contributed by atoms with Gasteiger partial charge in [-0.2, -0.15) is 0 Å². The Bertz CT molecular complexity index is 311. The Morgan fingerprint density at radius 3 is 2.57 bits per heavy atom. The third-order valence-corrected chi connectivity index (χ3v) is 5.76. The van der Waals surface area contributed by atoms with E-state index in [0.717, 1.165) is 25.6 Å². The molecule has 1 saturated heterocycles. The number of hydrogen-bond acceptors (Lipinski definition) is 3. The molecule has 1 aliphatic heterocycles. The maximum absolute atomic E-state index is 6.09. The second-order valence-electron chi connectivity index (χ2n) is 8.15. The summed E-state index contributed by atoms with van der Waals surface area (Å²) in [7, 11) is 0. The number of piperidine rings is 1. The molecule has 3 heteroatoms. The molecule has 3 nitrogen and oxygen atoms in total. The predicted molar refractivity (Wildman–Crippen MR) is 89.3 cm³/mol. The Labute approximate surface area is 131 Å². The molecule has 0 bridgehead atoms. The van der Waals surface area contributed by atoms with Crippen LogP contribution in [0.4, 0.5) is 0 Å². The highest BCUT2D eigenvalue weighted by molar-refractivity contribution is 4.92. The molecule has 21 heavy (non-hydrogen) atoms. The first-order valence-corrected chi connectivity index (χ1v) is 9.01. The van der Waals surface area contributed by atoms with Crippen molar-refractivity contribution in [1.29, 1.82) is 0 Å². The summed E-state index contributed by atoms with van der Waals surface area (Å²) in [6.45, 7) is 13.3. The van der Waals surface area contributed by atoms with Crippen LogP contribution < -0.4 is 5.73 Å². The molecule has 2 N–H and O–H groups in total. The van der Waals surface area contributed by atoms with Gasteiger partial charge in [0.05, 0.1) is 6.10 Å². The van der Waals surface area contributed by atoms with E-state index in [0.29, 0.717) is 23.5 Å². The van der Waals surface area contributed by atoms with E-state index in [2.05, 4.69) is 32.6 Å². The first-order valence-electron chi connectivity index (χ1n) is 9.01. The van der Waals surface area contributed by atoms with Crippen LogP contribution in [0.1, 0.15) is 59.8 Å². The molecule has 0 amide bonds. The van der Waals surface area contributed by atoms with E-state index >= 15 is 0 Å². The van der Waals surface area contributed by atoms with Crippen molar-refractivity contribution >= 4 is 0 Å². The normalized spacial score (nSPS) is 35.9. The molecule has 2 rings (SSSR count). The molecule has 0 aromatic heterocycles. The Kier molecular flexibility index (Phi) is 6.10. The van der Waals surface area contributed by atoms with Crippen LogP contribution in [0.5, 0.6) is 0 Å². The van der Waals surface area contributed by atoms with Crippen molar-refractivity contribution < 1.29 is 4.74 Å². The summed E-state index contributed by atoms with van der Waals surface area (Å²) in [5.41, 5.74) is 6.51. The van der Waals surface area contributed by atoms with E-state index in [9.17, 15) is 0 Å². The summed E-state index contributed by atoms with van der Waals surface area (Å²) in [5, 5.41) is 0. The first kappa shape index (κ1) is 17.2. The van der Waals surface area contributed by atoms with Gasteiger partial charge in [0, 0.05) is 19.2 Å². The molecular weight excluding hydrogens is 260 g/mol. The maximum atomic E-state index is 6.09. The summed E-state index contributed by atoms with van der Waals surface area (Å²) in [6, 6.07) is 0.677. The molecule has 0 spiro atoms. The van der Waals surface area contributed by atoms with E-state index in [4.69, 9.17) is 10.5 Å². The topological polar surface area (TPSA) is 38.5 Å². The van der Waals surface area contributed by atoms with Gasteiger partial charge in [0.2, 0.25) is 0 Å². The summed E-state index contributed by atoms with van der Waals surface area (Å²) >= 11 is 0. The second kappa shape index (κ2) is 7.43. The quantitative estimate of drug-likeness (QED) is 0.865. The van der Waals surface area contributed by atoms with Crippen LogP contribution in [0.2, 0.25) is 0 Å². The van der Waals surface area contributed by atoms with Gasteiger partial charge in [-0.3, -0.25) is 4.90 Å². The number of nitrogens with zero attached hydrogens (tertiary/aromatic N) is 1. The van der Waals surface area contributed by atoms with Gasteiger partial charge in [0.25, 0.3) is 0 Å². The van der Waals surface area contributed by atoms with Gasteiger partial charge in [0.15, 0.2) is 0 Å². The standard InChI is InChI=1S/C18H36N2O/c1-5-21-16-7-6-10-20(13-16)17-11-15(18(2,3)4)9-8-14(17)12-19/h14-17H,5-13,19H2,1-4H3. The van der Waals surface area contributed by atoms with Gasteiger partial charge in [-0.05, 0) is 69.4 Å². The minimum absolute atomic E-state index is 0.424. The molecule has 124 valence electrons. The van der Waals surface area contributed by atoms with E-state index in [-0.39, 0.29) is 0 Å². The van der Waals surface area contributed by atoms with Crippen LogP contribution >= 0.6 is 0 Å². The van der Waals surface area contributed by atoms with Crippen LogP contribution in [0.15, 0.2) is 0 Å². The van der Waals surface area contributed by atoms with Gasteiger partial charge < -0.3 is 10.5 Å². The van der Waals surface area contributed by atoms with Crippen LogP contribution in [-0.4, -0.2) is 43.3 Å². The molecule has 1 aliphatic carbocycles. The van der Waals surface area contributed by atoms with Gasteiger partial charge >= 0.3 is 0 Å². The fraction of sp³-hybridized carbons (Fsp3) is 1.00. The molecule has 4 atom stereocenters. The Balaban J connectivity index is 2.02. The molecule has 0 aromatic rings. The van der Waals surface area contributed by atoms with Crippen molar-refractivity contribution in [2.24, 2.45) is 23.0 Å². The van der Waals surface area contributed by atoms with Crippen molar-refractivity contribution in [1.82, 2.24) is 4.90 Å². The highest BCUT2D eigenvalue weighted by Crippen LogP contribution is 2.42. The van der Waals surface area contributed by atoms with Crippen molar-refractivity contribution in [2.45, 2.75) is 71.9 Å². The molecule has 2 aliphatic rings. The molecule has 0 radical (unpaired) electrons. The molecule has 1 saturated carbocycles. The predicted octanol–water partition coefficient (Wildman–Crippen LogP) is 3.28. The van der Waals surface area contributed by atoms with Crippen molar-refractivity contribution in [3.05, 3.63) is 0 Å². The van der Waals surface area contributed by atoms with Crippen LogP contribution in [0.3, 0.4) is 0 Å². The number of rotatable bonds is 4. The fourth-order valence-corrected chi connectivity index (χ4v) is 4.36. The molecule has 1 heterocycles. The zero-order valence-electron chi connectivity index (χ0n) is 14.6. The van der Waals surface area contributed by atoms with Gasteiger partial charge in [0.1, 0.15) is 0 Å². The summed E-state index contributed by atoms with van der Waals surface area (Å²) < 4.78 is 5.89. The largest absolute Gasteiger partial charge is 0.377 e. The summed E-state index contributed by atoms with van der Waals surface area (Å²) in [5.74, 6) is 1.52. The lowest BCUT2D eigenvalue weighted by Gasteiger charge is -2.48. The zero-order chi connectivity index (χ0) is 15.5. The maximum Gasteiger partial charge on any atom is 0.0702 e. The summed E-state index contributed by atoms with van der Waals surface area (Å²) in [4.78, 5) is 2.71. The van der Waals surface area contributed by atoms with E-state index in [1.54, 1.807) is 0 Å². The second-order valence-corrected chi connectivity index (χ2v) is 8.15. The lowest BCUT2D eigenvalue weighted by atomic mass is 9.67. The van der Waals surface area contributed by atoms with Crippen molar-refractivity contribution in [2.75, 3.05) is 26.2 Å². The molecule has 0 aromatic carbocycles. The van der Waals surface area contributed by atoms with E-state index in [1.165, 1.54) is 38.6 Å². The Morgan fingerprint density at radius 2 is 1.95 bits per heavy atom. The number of hydrogen-bond donors (Lipinski definition) is 1. The van der Waals surface area contributed by atoms with Crippen LogP contribution in [0.25, 0.3) is 0 Å². The third-order valence-electron chi connectivity index (χ3n) is 5.76. The molecule has 2 fully saturated rings. The monoisotopic (exact) mass is 296 g/mol.